The summed E-state index contributed by atoms with van der Waals surface area (Å²) in [5.41, 5.74) is 0.452. The van der Waals surface area contributed by atoms with Gasteiger partial charge in [-0.15, -0.1) is 0 Å². The van der Waals surface area contributed by atoms with Gasteiger partial charge in [0, 0.05) is 24.1 Å². The van der Waals surface area contributed by atoms with Crippen LogP contribution in [-0.2, 0) is 0 Å². The van der Waals surface area contributed by atoms with E-state index in [0.29, 0.717) is 40.8 Å². The first-order valence-electron chi connectivity index (χ1n) is 8.32. The molecular formula is C20H15F3N2OS. The van der Waals surface area contributed by atoms with E-state index in [4.69, 9.17) is 4.74 Å². The summed E-state index contributed by atoms with van der Waals surface area (Å²) in [5.74, 6) is 2.52. The fourth-order valence-electron chi connectivity index (χ4n) is 2.85. The minimum atomic E-state index is -4.41. The Labute approximate surface area is 159 Å². The Balaban J connectivity index is 1.65. The molecule has 0 fully saturated rings. The highest BCUT2D eigenvalue weighted by atomic mass is 32.2. The fourth-order valence-corrected chi connectivity index (χ4v) is 3.55. The summed E-state index contributed by atoms with van der Waals surface area (Å²) in [6, 6.07) is 16.3. The first-order chi connectivity index (χ1) is 13.0. The molecule has 27 heavy (non-hydrogen) atoms. The van der Waals surface area contributed by atoms with Crippen molar-refractivity contribution < 1.29 is 17.9 Å². The van der Waals surface area contributed by atoms with Crippen molar-refractivity contribution in [1.29, 1.82) is 0 Å². The highest BCUT2D eigenvalue weighted by Crippen LogP contribution is 2.36. The van der Waals surface area contributed by atoms with Crippen LogP contribution >= 0.6 is 11.9 Å². The maximum Gasteiger partial charge on any atom is 0.417 e. The lowest BCUT2D eigenvalue weighted by atomic mass is 9.98. The van der Waals surface area contributed by atoms with E-state index in [1.807, 2.05) is 30.3 Å². The molecule has 2 aliphatic heterocycles. The van der Waals surface area contributed by atoms with Crippen molar-refractivity contribution in [2.75, 3.05) is 12.3 Å². The van der Waals surface area contributed by atoms with Gasteiger partial charge in [-0.25, -0.2) is 0 Å². The average molecular weight is 388 g/mol. The molecule has 138 valence electrons. The van der Waals surface area contributed by atoms with Gasteiger partial charge in [-0.1, -0.05) is 30.3 Å². The Hall–Kier alpha value is -2.67. The molecule has 0 atom stereocenters. The summed E-state index contributed by atoms with van der Waals surface area (Å²) >= 11 is 1.36. The van der Waals surface area contributed by atoms with E-state index < -0.39 is 11.7 Å². The molecule has 4 rings (SSSR count). The van der Waals surface area contributed by atoms with Crippen molar-refractivity contribution in [3.63, 3.8) is 0 Å². The monoisotopic (exact) mass is 388 g/mol. The van der Waals surface area contributed by atoms with Gasteiger partial charge in [0.15, 0.2) is 0 Å². The summed E-state index contributed by atoms with van der Waals surface area (Å²) in [4.78, 5) is 1.57. The number of alkyl halides is 3. The van der Waals surface area contributed by atoms with Gasteiger partial charge in [0.2, 0.25) is 0 Å². The molecule has 0 spiro atoms. The number of halogens is 3. The Morgan fingerprint density at radius 2 is 1.67 bits per heavy atom. The summed E-state index contributed by atoms with van der Waals surface area (Å²) in [5, 5.41) is 0. The quantitative estimate of drug-likeness (QED) is 0.632. The molecule has 0 radical (unpaired) electrons. The first kappa shape index (κ1) is 17.7. The maximum atomic E-state index is 13.3. The number of hydrogen-bond acceptors (Lipinski definition) is 4. The van der Waals surface area contributed by atoms with Crippen molar-refractivity contribution in [3.8, 4) is 11.5 Å². The predicted molar refractivity (Wildman–Crippen MR) is 102 cm³/mol. The number of para-hydroxylation sites is 1. The zero-order valence-electron chi connectivity index (χ0n) is 14.1. The molecule has 0 aliphatic carbocycles. The van der Waals surface area contributed by atoms with Gasteiger partial charge in [-0.05, 0) is 47.9 Å². The molecule has 7 heteroatoms. The van der Waals surface area contributed by atoms with Crippen LogP contribution in [0.4, 0.5) is 13.2 Å². The largest absolute Gasteiger partial charge is 0.457 e. The first-order valence-corrected chi connectivity index (χ1v) is 9.26. The SMILES string of the molecule is FC(F)(F)C1=CN2CCSN=C2C(c2ccc(Oc3ccccc3)cc2)=C1. The van der Waals surface area contributed by atoms with Gasteiger partial charge in [-0.2, -0.15) is 17.6 Å². The van der Waals surface area contributed by atoms with Crippen LogP contribution in [-0.4, -0.2) is 29.2 Å². The Morgan fingerprint density at radius 1 is 0.963 bits per heavy atom. The number of benzene rings is 2. The van der Waals surface area contributed by atoms with Crippen LogP contribution in [0.2, 0.25) is 0 Å². The molecular weight excluding hydrogens is 373 g/mol. The molecule has 0 bridgehead atoms. The molecule has 0 amide bonds. The lowest BCUT2D eigenvalue weighted by Gasteiger charge is -2.31. The van der Waals surface area contributed by atoms with Gasteiger partial charge in [0.25, 0.3) is 0 Å². The number of fused-ring (bicyclic) bond motifs is 1. The smallest absolute Gasteiger partial charge is 0.417 e. The van der Waals surface area contributed by atoms with Crippen LogP contribution < -0.4 is 4.74 Å². The average Bonchev–Trinajstić information content (AvgIpc) is 2.68. The summed E-state index contributed by atoms with van der Waals surface area (Å²) in [6.07, 6.45) is -2.11. The minimum Gasteiger partial charge on any atom is -0.457 e. The van der Waals surface area contributed by atoms with E-state index in [0.717, 1.165) is 12.3 Å². The van der Waals surface area contributed by atoms with Gasteiger partial charge in [-0.3, -0.25) is 0 Å². The van der Waals surface area contributed by atoms with E-state index >= 15 is 0 Å². The van der Waals surface area contributed by atoms with Crippen LogP contribution in [0.1, 0.15) is 5.56 Å². The molecule has 2 aromatic rings. The van der Waals surface area contributed by atoms with Crippen LogP contribution in [0.15, 0.2) is 76.8 Å². The molecule has 0 saturated heterocycles. The van der Waals surface area contributed by atoms with Crippen molar-refractivity contribution in [1.82, 2.24) is 4.90 Å². The molecule has 0 aromatic heterocycles. The van der Waals surface area contributed by atoms with Crippen LogP contribution in [0, 0.1) is 0 Å². The highest BCUT2D eigenvalue weighted by Gasteiger charge is 2.37. The van der Waals surface area contributed by atoms with Gasteiger partial charge >= 0.3 is 6.18 Å². The van der Waals surface area contributed by atoms with Crippen LogP contribution in [0.5, 0.6) is 11.5 Å². The van der Waals surface area contributed by atoms with E-state index in [-0.39, 0.29) is 0 Å². The third-order valence-corrected chi connectivity index (χ3v) is 4.82. The van der Waals surface area contributed by atoms with Crippen molar-refractivity contribution in [2.24, 2.45) is 4.40 Å². The zero-order chi connectivity index (χ0) is 18.9. The van der Waals surface area contributed by atoms with Crippen LogP contribution in [0.25, 0.3) is 5.57 Å². The summed E-state index contributed by atoms with van der Waals surface area (Å²) in [6.45, 7) is 0.496. The van der Waals surface area contributed by atoms with Crippen molar-refractivity contribution in [2.45, 2.75) is 6.18 Å². The number of amidine groups is 1. The standard InChI is InChI=1S/C20H15F3N2OS/c21-20(22,23)15-12-18(19-24-27-11-10-25(19)13-15)14-6-8-17(9-7-14)26-16-4-2-1-3-5-16/h1-9,12-13H,10-11H2. The third-order valence-electron chi connectivity index (χ3n) is 4.15. The molecule has 2 aromatic carbocycles. The minimum absolute atomic E-state index is 0.461. The molecule has 2 heterocycles. The Bertz CT molecular complexity index is 918. The molecule has 3 nitrogen and oxygen atoms in total. The second kappa shape index (κ2) is 7.15. The highest BCUT2D eigenvalue weighted by molar-refractivity contribution is 7.98. The normalized spacial score (nSPS) is 16.9. The lowest BCUT2D eigenvalue weighted by Crippen LogP contribution is -2.35. The molecule has 0 N–H and O–H groups in total. The van der Waals surface area contributed by atoms with Crippen molar-refractivity contribution >= 4 is 23.4 Å². The van der Waals surface area contributed by atoms with E-state index in [1.165, 1.54) is 11.9 Å². The lowest BCUT2D eigenvalue weighted by molar-refractivity contribution is -0.0890. The van der Waals surface area contributed by atoms with Crippen molar-refractivity contribution in [3.05, 3.63) is 78.0 Å². The third kappa shape index (κ3) is 3.88. The number of allylic oxidation sites excluding steroid dienone is 2. The number of hydrogen-bond donors (Lipinski definition) is 0. The van der Waals surface area contributed by atoms with Gasteiger partial charge in [0.05, 0.1) is 5.57 Å². The number of ether oxygens (including phenoxy) is 1. The second-order valence-corrected chi connectivity index (χ2v) is 6.87. The van der Waals surface area contributed by atoms with E-state index in [2.05, 4.69) is 4.40 Å². The van der Waals surface area contributed by atoms with E-state index in [9.17, 15) is 13.2 Å². The zero-order valence-corrected chi connectivity index (χ0v) is 14.9. The van der Waals surface area contributed by atoms with Gasteiger partial charge < -0.3 is 9.64 Å². The topological polar surface area (TPSA) is 24.8 Å². The van der Waals surface area contributed by atoms with Gasteiger partial charge in [0.1, 0.15) is 17.3 Å². The Kier molecular flexibility index (Phi) is 4.70. The van der Waals surface area contributed by atoms with Crippen LogP contribution in [0.3, 0.4) is 0 Å². The Morgan fingerprint density at radius 3 is 2.37 bits per heavy atom. The second-order valence-electron chi connectivity index (χ2n) is 6.02. The summed E-state index contributed by atoms with van der Waals surface area (Å²) in [7, 11) is 0. The summed E-state index contributed by atoms with van der Waals surface area (Å²) < 4.78 is 50.0. The fraction of sp³-hybridized carbons (Fsp3) is 0.150. The number of nitrogens with zero attached hydrogens (tertiary/aromatic N) is 2. The maximum absolute atomic E-state index is 13.3. The number of rotatable bonds is 3. The predicted octanol–water partition coefficient (Wildman–Crippen LogP) is 5.68. The van der Waals surface area contributed by atoms with E-state index in [1.54, 1.807) is 29.2 Å². The molecule has 0 unspecified atom stereocenters. The molecule has 2 aliphatic rings. The molecule has 0 saturated carbocycles.